The summed E-state index contributed by atoms with van der Waals surface area (Å²) in [7, 11) is 0. The summed E-state index contributed by atoms with van der Waals surface area (Å²) in [5.41, 5.74) is -0.173. The average Bonchev–Trinajstić information content (AvgIpc) is 2.26. The van der Waals surface area contributed by atoms with Gasteiger partial charge < -0.3 is 24.2 Å². The molecule has 1 saturated heterocycles. The summed E-state index contributed by atoms with van der Waals surface area (Å²) in [4.78, 5) is 13.6. The van der Waals surface area contributed by atoms with Gasteiger partial charge in [0.1, 0.15) is 5.60 Å². The Hall–Kier alpha value is -0.850. The minimum absolute atomic E-state index is 0.0487. The van der Waals surface area contributed by atoms with Gasteiger partial charge in [-0.3, -0.25) is 0 Å². The fourth-order valence-electron chi connectivity index (χ4n) is 2.94. The lowest BCUT2D eigenvalue weighted by atomic mass is 9.62. The van der Waals surface area contributed by atoms with Crippen molar-refractivity contribution in [1.29, 1.82) is 0 Å². The van der Waals surface area contributed by atoms with E-state index in [0.29, 0.717) is 19.8 Å². The van der Waals surface area contributed by atoms with E-state index < -0.39 is 5.60 Å². The lowest BCUT2D eigenvalue weighted by Gasteiger charge is -2.58. The largest absolute Gasteiger partial charge is 0.444 e. The second-order valence-corrected chi connectivity index (χ2v) is 7.07. The summed E-state index contributed by atoms with van der Waals surface area (Å²) in [5, 5.41) is 8.57. The van der Waals surface area contributed by atoms with Crippen LogP contribution in [0.15, 0.2) is 0 Å². The molecule has 0 radical (unpaired) electrons. The van der Waals surface area contributed by atoms with Gasteiger partial charge in [-0.2, -0.15) is 0 Å². The Morgan fingerprint density at radius 1 is 1.24 bits per heavy atom. The Morgan fingerprint density at radius 2 is 1.90 bits per heavy atom. The molecular weight excluding hydrogens is 274 g/mol. The molecule has 0 aromatic rings. The van der Waals surface area contributed by atoms with E-state index in [9.17, 15) is 4.79 Å². The molecule has 1 heterocycles. The van der Waals surface area contributed by atoms with E-state index in [0.717, 1.165) is 25.9 Å². The van der Waals surface area contributed by atoms with Gasteiger partial charge in [0.05, 0.1) is 32.5 Å². The molecule has 2 aliphatic rings. The van der Waals surface area contributed by atoms with Crippen molar-refractivity contribution in [3.8, 4) is 0 Å². The highest BCUT2D eigenvalue weighted by molar-refractivity contribution is 5.69. The highest BCUT2D eigenvalue weighted by Crippen LogP contribution is 2.49. The summed E-state index contributed by atoms with van der Waals surface area (Å²) in [6.45, 7) is 8.71. The van der Waals surface area contributed by atoms with Crippen molar-refractivity contribution < 1.29 is 24.1 Å². The summed E-state index contributed by atoms with van der Waals surface area (Å²) >= 11 is 0. The van der Waals surface area contributed by atoms with Gasteiger partial charge in [-0.05, 0) is 33.6 Å². The number of carbonyl (C=O) groups excluding carboxylic acids is 1. The van der Waals surface area contributed by atoms with Crippen molar-refractivity contribution >= 4 is 6.09 Å². The third-order valence-corrected chi connectivity index (χ3v) is 3.84. The van der Waals surface area contributed by atoms with Crippen LogP contribution in [0.2, 0.25) is 0 Å². The maximum absolute atomic E-state index is 11.9. The molecule has 122 valence electrons. The minimum Gasteiger partial charge on any atom is -0.444 e. The Bertz CT molecular complexity index is 352. The Morgan fingerprint density at radius 3 is 2.48 bits per heavy atom. The Labute approximate surface area is 126 Å². The highest BCUT2D eigenvalue weighted by Gasteiger charge is 2.54. The number of hydrogen-bond acceptors (Lipinski definition) is 5. The van der Waals surface area contributed by atoms with Crippen LogP contribution < -0.4 is 0 Å². The molecule has 1 N–H and O–H groups in total. The van der Waals surface area contributed by atoms with Crippen molar-refractivity contribution in [2.24, 2.45) is 5.41 Å². The lowest BCUT2D eigenvalue weighted by molar-refractivity contribution is -0.151. The highest BCUT2D eigenvalue weighted by atomic mass is 16.6. The van der Waals surface area contributed by atoms with Crippen molar-refractivity contribution in [2.45, 2.75) is 45.3 Å². The van der Waals surface area contributed by atoms with E-state index in [2.05, 4.69) is 0 Å². The van der Waals surface area contributed by atoms with Crippen LogP contribution in [0.4, 0.5) is 4.79 Å². The average molecular weight is 301 g/mol. The van der Waals surface area contributed by atoms with Crippen LogP contribution in [-0.4, -0.2) is 67.3 Å². The van der Waals surface area contributed by atoms with Gasteiger partial charge in [-0.1, -0.05) is 0 Å². The second kappa shape index (κ2) is 6.50. The molecule has 1 spiro atoms. The van der Waals surface area contributed by atoms with Crippen molar-refractivity contribution in [3.63, 3.8) is 0 Å². The molecule has 2 fully saturated rings. The van der Waals surface area contributed by atoms with E-state index in [-0.39, 0.29) is 24.2 Å². The summed E-state index contributed by atoms with van der Waals surface area (Å²) in [5.74, 6) is 0. The molecular formula is C15H27NO5. The van der Waals surface area contributed by atoms with Crippen molar-refractivity contribution in [1.82, 2.24) is 4.90 Å². The number of nitrogens with zero attached hydrogens (tertiary/aromatic N) is 1. The zero-order valence-corrected chi connectivity index (χ0v) is 13.3. The van der Waals surface area contributed by atoms with Crippen LogP contribution in [0.1, 0.15) is 33.6 Å². The Kier molecular flexibility index (Phi) is 5.11. The van der Waals surface area contributed by atoms with Gasteiger partial charge in [0.15, 0.2) is 0 Å². The minimum atomic E-state index is -0.431. The molecule has 6 nitrogen and oxygen atoms in total. The first-order valence-electron chi connectivity index (χ1n) is 7.62. The van der Waals surface area contributed by atoms with E-state index in [4.69, 9.17) is 19.3 Å². The van der Waals surface area contributed by atoms with Crippen molar-refractivity contribution in [2.75, 3.05) is 39.5 Å². The number of ether oxygens (including phenoxy) is 3. The molecule has 0 unspecified atom stereocenters. The molecule has 0 aromatic carbocycles. The maximum atomic E-state index is 11.9. The quantitative estimate of drug-likeness (QED) is 0.751. The van der Waals surface area contributed by atoms with Crippen LogP contribution in [-0.2, 0) is 14.2 Å². The number of likely N-dealkylation sites (tertiary alicyclic amines) is 1. The van der Waals surface area contributed by atoms with Gasteiger partial charge in [-0.25, -0.2) is 4.79 Å². The fourth-order valence-corrected chi connectivity index (χ4v) is 2.94. The Balaban J connectivity index is 1.56. The summed E-state index contributed by atoms with van der Waals surface area (Å²) < 4.78 is 16.2. The van der Waals surface area contributed by atoms with Crippen LogP contribution in [0, 0.1) is 5.41 Å². The van der Waals surface area contributed by atoms with Crippen molar-refractivity contribution in [3.05, 3.63) is 0 Å². The topological polar surface area (TPSA) is 68.2 Å². The van der Waals surface area contributed by atoms with Gasteiger partial charge >= 0.3 is 6.09 Å². The molecule has 1 amide bonds. The third-order valence-electron chi connectivity index (χ3n) is 3.84. The molecule has 0 atom stereocenters. The molecule has 2 rings (SSSR count). The van der Waals surface area contributed by atoms with Crippen LogP contribution in [0.25, 0.3) is 0 Å². The number of aliphatic hydroxyl groups excluding tert-OH is 1. The van der Waals surface area contributed by atoms with Gasteiger partial charge in [0, 0.05) is 18.5 Å². The van der Waals surface area contributed by atoms with E-state index in [1.807, 2.05) is 20.8 Å². The summed E-state index contributed by atoms with van der Waals surface area (Å²) in [6.07, 6.45) is 2.08. The number of hydrogen-bond donors (Lipinski definition) is 1. The number of carbonyl (C=O) groups is 1. The van der Waals surface area contributed by atoms with Gasteiger partial charge in [0.25, 0.3) is 0 Å². The number of rotatable bonds is 6. The molecule has 21 heavy (non-hydrogen) atoms. The predicted molar refractivity (Wildman–Crippen MR) is 77.1 cm³/mol. The maximum Gasteiger partial charge on any atom is 0.410 e. The van der Waals surface area contributed by atoms with Gasteiger partial charge in [-0.15, -0.1) is 0 Å². The summed E-state index contributed by atoms with van der Waals surface area (Å²) in [6, 6.07) is 0. The molecule has 1 aliphatic carbocycles. The molecule has 0 aromatic heterocycles. The molecule has 6 heteroatoms. The smallest absolute Gasteiger partial charge is 0.410 e. The number of amides is 1. The first kappa shape index (κ1) is 16.5. The van der Waals surface area contributed by atoms with Crippen LogP contribution >= 0.6 is 0 Å². The zero-order valence-electron chi connectivity index (χ0n) is 13.3. The molecule has 1 aliphatic heterocycles. The monoisotopic (exact) mass is 301 g/mol. The molecule has 1 saturated carbocycles. The first-order chi connectivity index (χ1) is 9.84. The second-order valence-electron chi connectivity index (χ2n) is 7.07. The third kappa shape index (κ3) is 4.56. The lowest BCUT2D eigenvalue weighted by Crippen LogP contribution is -2.65. The van der Waals surface area contributed by atoms with E-state index >= 15 is 0 Å². The normalized spacial score (nSPS) is 21.0. The SMILES string of the molecule is CC(C)(C)OC(=O)N1CC2(CC(OCCOCCO)C2)C1. The fraction of sp³-hybridized carbons (Fsp3) is 0.933. The molecule has 0 bridgehead atoms. The van der Waals surface area contributed by atoms with Crippen LogP contribution in [0.5, 0.6) is 0 Å². The first-order valence-corrected chi connectivity index (χ1v) is 7.62. The van der Waals surface area contributed by atoms with Crippen LogP contribution in [0.3, 0.4) is 0 Å². The predicted octanol–water partition coefficient (Wildman–Crippen LogP) is 1.41. The standard InChI is InChI=1S/C15H27NO5/c1-14(2,3)21-13(18)16-10-15(11-16)8-12(9-15)20-7-6-19-5-4-17/h12,17H,4-11H2,1-3H3. The van der Waals surface area contributed by atoms with Gasteiger partial charge in [0.2, 0.25) is 0 Å². The van der Waals surface area contributed by atoms with E-state index in [1.54, 1.807) is 4.90 Å². The zero-order chi connectivity index (χ0) is 15.5. The number of aliphatic hydroxyl groups is 1. The van der Waals surface area contributed by atoms with E-state index in [1.165, 1.54) is 0 Å².